The number of hydroxylamine groups is 1. The van der Waals surface area contributed by atoms with Crippen molar-refractivity contribution in [3.05, 3.63) is 126 Å². The Morgan fingerprint density at radius 1 is 0.630 bits per heavy atom. The number of nitrogens with zero attached hydrogens (tertiary/aromatic N) is 1. The van der Waals surface area contributed by atoms with Gasteiger partial charge in [-0.05, 0) is 23.3 Å². The minimum atomic E-state index is 0.766. The van der Waals surface area contributed by atoms with Crippen molar-refractivity contribution in [2.75, 3.05) is 0 Å². The van der Waals surface area contributed by atoms with E-state index in [1.54, 1.807) is 5.17 Å². The van der Waals surface area contributed by atoms with E-state index in [1.165, 1.54) is 0 Å². The van der Waals surface area contributed by atoms with Crippen LogP contribution in [0.1, 0.15) is 16.7 Å². The van der Waals surface area contributed by atoms with Crippen LogP contribution in [0.2, 0.25) is 0 Å². The van der Waals surface area contributed by atoms with Gasteiger partial charge in [-0.3, -0.25) is 5.43 Å². The largest absolute Gasteiger partial charge is 0.358 e. The van der Waals surface area contributed by atoms with Crippen molar-refractivity contribution in [3.8, 4) is 0 Å². The van der Waals surface area contributed by atoms with Gasteiger partial charge in [0.2, 0.25) is 0 Å². The Hall–Kier alpha value is -3.72. The molecule has 132 valence electrons. The summed E-state index contributed by atoms with van der Waals surface area (Å²) >= 11 is 0. The molecule has 0 radical (unpaired) electrons. The fraction of sp³-hybridized carbons (Fsp3) is 0. The molecule has 27 heavy (non-hydrogen) atoms. The number of nitrogens with one attached hydrogen (secondary N) is 1. The molecule has 0 aromatic heterocycles. The zero-order valence-electron chi connectivity index (χ0n) is 14.8. The van der Waals surface area contributed by atoms with Gasteiger partial charge < -0.3 is 4.84 Å². The second kappa shape index (κ2) is 8.11. The van der Waals surface area contributed by atoms with Crippen molar-refractivity contribution in [1.82, 2.24) is 10.6 Å². The van der Waals surface area contributed by atoms with Gasteiger partial charge in [0.15, 0.2) is 5.76 Å². The van der Waals surface area contributed by atoms with Crippen LogP contribution < -0.4 is 5.43 Å². The monoisotopic (exact) mass is 352 g/mol. The van der Waals surface area contributed by atoms with E-state index >= 15 is 0 Å². The lowest BCUT2D eigenvalue weighted by Crippen LogP contribution is -2.24. The zero-order chi connectivity index (χ0) is 18.3. The van der Waals surface area contributed by atoms with Gasteiger partial charge in [-0.25, -0.2) is 0 Å². The maximum absolute atomic E-state index is 6.00. The Kier molecular flexibility index (Phi) is 5.02. The van der Waals surface area contributed by atoms with E-state index in [9.17, 15) is 0 Å². The number of rotatable bonds is 5. The Morgan fingerprint density at radius 3 is 1.81 bits per heavy atom. The molecule has 0 amide bonds. The lowest BCUT2D eigenvalue weighted by Gasteiger charge is -2.13. The van der Waals surface area contributed by atoms with Crippen molar-refractivity contribution >= 4 is 17.8 Å². The number of hydrogen-bond acceptors (Lipinski definition) is 3. The number of allylic oxidation sites excluding steroid dienone is 1. The maximum Gasteiger partial charge on any atom is 0.183 e. The normalized spacial score (nSPS) is 14.0. The Balaban J connectivity index is 1.58. The molecule has 1 heterocycles. The predicted octanol–water partition coefficient (Wildman–Crippen LogP) is 5.49. The van der Waals surface area contributed by atoms with Gasteiger partial charge in [-0.2, -0.15) is 0 Å². The molecule has 0 spiro atoms. The van der Waals surface area contributed by atoms with Crippen molar-refractivity contribution in [2.45, 2.75) is 0 Å². The van der Waals surface area contributed by atoms with Crippen LogP contribution in [-0.4, -0.2) is 5.17 Å². The van der Waals surface area contributed by atoms with E-state index < -0.39 is 0 Å². The SMILES string of the molecule is C(=Cc1ccccc1)C1=C(c2ccccc2)NN(C=Cc2ccccc2)O1. The van der Waals surface area contributed by atoms with Gasteiger partial charge in [0.25, 0.3) is 0 Å². The minimum Gasteiger partial charge on any atom is -0.358 e. The summed E-state index contributed by atoms with van der Waals surface area (Å²) in [7, 11) is 0. The van der Waals surface area contributed by atoms with Gasteiger partial charge in [-0.1, -0.05) is 97.1 Å². The van der Waals surface area contributed by atoms with E-state index in [-0.39, 0.29) is 0 Å². The first-order valence-corrected chi connectivity index (χ1v) is 8.88. The van der Waals surface area contributed by atoms with Gasteiger partial charge in [0.05, 0.1) is 6.20 Å². The second-order valence-electron chi connectivity index (χ2n) is 6.10. The first-order chi connectivity index (χ1) is 13.4. The third-order valence-corrected chi connectivity index (χ3v) is 4.16. The third kappa shape index (κ3) is 4.28. The van der Waals surface area contributed by atoms with E-state index in [0.29, 0.717) is 0 Å². The van der Waals surface area contributed by atoms with Crippen LogP contribution in [0, 0.1) is 0 Å². The van der Waals surface area contributed by atoms with Crippen LogP contribution in [0.15, 0.2) is 109 Å². The Morgan fingerprint density at radius 2 is 1.19 bits per heavy atom. The molecule has 0 aliphatic carbocycles. The molecule has 1 aliphatic heterocycles. The number of hydrogen-bond donors (Lipinski definition) is 1. The summed E-state index contributed by atoms with van der Waals surface area (Å²) in [6, 6.07) is 30.5. The molecule has 0 saturated heterocycles. The molecule has 3 heteroatoms. The fourth-order valence-corrected chi connectivity index (χ4v) is 2.79. The topological polar surface area (TPSA) is 24.5 Å². The standard InChI is InChI=1S/C24H20N2O/c1-4-10-20(11-5-1)16-17-23-24(22-14-8-3-9-15-22)25-26(27-23)19-18-21-12-6-2-7-13-21/h1-19,25H. The van der Waals surface area contributed by atoms with Gasteiger partial charge in [0, 0.05) is 5.56 Å². The molecule has 0 unspecified atom stereocenters. The molecular weight excluding hydrogens is 332 g/mol. The van der Waals surface area contributed by atoms with E-state index in [0.717, 1.165) is 28.1 Å². The minimum absolute atomic E-state index is 0.766. The lowest BCUT2D eigenvalue weighted by molar-refractivity contribution is -0.0733. The van der Waals surface area contributed by atoms with Crippen LogP contribution in [-0.2, 0) is 4.84 Å². The molecule has 0 fully saturated rings. The van der Waals surface area contributed by atoms with Gasteiger partial charge >= 0.3 is 0 Å². The van der Waals surface area contributed by atoms with Crippen LogP contribution in [0.5, 0.6) is 0 Å². The van der Waals surface area contributed by atoms with E-state index in [1.807, 2.05) is 91.2 Å². The fourth-order valence-electron chi connectivity index (χ4n) is 2.79. The average molecular weight is 352 g/mol. The molecule has 1 N–H and O–H groups in total. The summed E-state index contributed by atoms with van der Waals surface area (Å²) in [6.45, 7) is 0. The number of hydrazine groups is 1. The molecule has 0 bridgehead atoms. The zero-order valence-corrected chi connectivity index (χ0v) is 14.8. The summed E-state index contributed by atoms with van der Waals surface area (Å²) in [6.07, 6.45) is 7.91. The quantitative estimate of drug-likeness (QED) is 0.657. The Bertz CT molecular complexity index is 961. The molecule has 0 atom stereocenters. The van der Waals surface area contributed by atoms with E-state index in [2.05, 4.69) is 29.7 Å². The second-order valence-corrected chi connectivity index (χ2v) is 6.10. The van der Waals surface area contributed by atoms with Gasteiger partial charge in [-0.15, -0.1) is 5.17 Å². The van der Waals surface area contributed by atoms with Crippen molar-refractivity contribution in [1.29, 1.82) is 0 Å². The molecular formula is C24H20N2O. The molecule has 1 aliphatic rings. The predicted molar refractivity (Wildman–Crippen MR) is 110 cm³/mol. The Labute approximate surface area is 159 Å². The molecule has 3 aromatic carbocycles. The summed E-state index contributed by atoms with van der Waals surface area (Å²) in [5.41, 5.74) is 7.55. The summed E-state index contributed by atoms with van der Waals surface area (Å²) in [4.78, 5) is 6.00. The third-order valence-electron chi connectivity index (χ3n) is 4.16. The highest BCUT2D eigenvalue weighted by molar-refractivity contribution is 5.71. The molecule has 3 aromatic rings. The van der Waals surface area contributed by atoms with E-state index in [4.69, 9.17) is 4.84 Å². The summed E-state index contributed by atoms with van der Waals surface area (Å²) in [5, 5.41) is 1.62. The lowest BCUT2D eigenvalue weighted by atomic mass is 10.1. The highest BCUT2D eigenvalue weighted by atomic mass is 16.7. The highest BCUT2D eigenvalue weighted by Crippen LogP contribution is 2.26. The average Bonchev–Trinajstić information content (AvgIpc) is 3.16. The molecule has 4 rings (SSSR count). The first-order valence-electron chi connectivity index (χ1n) is 8.88. The van der Waals surface area contributed by atoms with Crippen LogP contribution in [0.4, 0.5) is 0 Å². The summed E-state index contributed by atoms with van der Waals surface area (Å²) in [5.74, 6) is 0.766. The first kappa shape index (κ1) is 16.7. The van der Waals surface area contributed by atoms with Crippen molar-refractivity contribution in [3.63, 3.8) is 0 Å². The van der Waals surface area contributed by atoms with Gasteiger partial charge in [0.1, 0.15) is 5.70 Å². The number of benzene rings is 3. The van der Waals surface area contributed by atoms with Crippen molar-refractivity contribution < 1.29 is 4.84 Å². The highest BCUT2D eigenvalue weighted by Gasteiger charge is 2.20. The van der Waals surface area contributed by atoms with Crippen LogP contribution in [0.3, 0.4) is 0 Å². The molecule has 3 nitrogen and oxygen atoms in total. The smallest absolute Gasteiger partial charge is 0.183 e. The molecule has 0 saturated carbocycles. The van der Waals surface area contributed by atoms with Crippen LogP contribution in [0.25, 0.3) is 17.8 Å². The van der Waals surface area contributed by atoms with Crippen LogP contribution >= 0.6 is 0 Å². The maximum atomic E-state index is 6.00. The summed E-state index contributed by atoms with van der Waals surface area (Å²) < 4.78 is 0. The van der Waals surface area contributed by atoms with Crippen molar-refractivity contribution in [2.24, 2.45) is 0 Å².